The molecule has 0 bridgehead atoms. The van der Waals surface area contributed by atoms with Gasteiger partial charge in [0.15, 0.2) is 0 Å². The molecule has 1 heteroatoms. The first-order valence-corrected chi connectivity index (χ1v) is 4.20. The molecular weight excluding hydrogens is 158 g/mol. The van der Waals surface area contributed by atoms with Crippen LogP contribution in [0.5, 0.6) is 0 Å². The van der Waals surface area contributed by atoms with Crippen molar-refractivity contribution in [2.45, 2.75) is 0 Å². The Balaban J connectivity index is 2.78. The Bertz CT molecular complexity index is 312. The summed E-state index contributed by atoms with van der Waals surface area (Å²) in [5.41, 5.74) is 6.41. The summed E-state index contributed by atoms with van der Waals surface area (Å²) in [7, 11) is 0. The van der Waals surface area contributed by atoms with Gasteiger partial charge in [-0.25, -0.2) is 0 Å². The number of hydrogen-bond acceptors (Lipinski definition) is 1. The topological polar surface area (TPSA) is 26.0 Å². The minimum Gasteiger partial charge on any atom is -0.399 e. The molecule has 2 N–H and O–H groups in total. The molecule has 0 unspecified atom stereocenters. The SMILES string of the molecule is NC1=C/C=C\C=C/C=C\C=C/C=C\1. The van der Waals surface area contributed by atoms with Crippen LogP contribution in [0.2, 0.25) is 0 Å². The monoisotopic (exact) mass is 171 g/mol. The van der Waals surface area contributed by atoms with E-state index < -0.39 is 0 Å². The molecule has 0 aromatic rings. The lowest BCUT2D eigenvalue weighted by Gasteiger charge is -1.87. The molecule has 0 saturated carbocycles. The van der Waals surface area contributed by atoms with E-state index in [1.165, 1.54) is 0 Å². The van der Waals surface area contributed by atoms with Crippen LogP contribution in [0, 0.1) is 0 Å². The molecule has 0 fully saturated rings. The lowest BCUT2D eigenvalue weighted by molar-refractivity contribution is 1.42. The minimum absolute atomic E-state index is 0.749. The van der Waals surface area contributed by atoms with Crippen LogP contribution in [0.4, 0.5) is 0 Å². The van der Waals surface area contributed by atoms with Crippen LogP contribution in [-0.2, 0) is 0 Å². The molecule has 66 valence electrons. The molecule has 0 aromatic heterocycles. The third kappa shape index (κ3) is 4.64. The minimum atomic E-state index is 0.749. The second-order valence-electron chi connectivity index (χ2n) is 2.57. The summed E-state index contributed by atoms with van der Waals surface area (Å²) >= 11 is 0. The quantitative estimate of drug-likeness (QED) is 0.595. The number of rotatable bonds is 0. The molecule has 0 radical (unpaired) electrons. The predicted octanol–water partition coefficient (Wildman–Crippen LogP) is 2.62. The van der Waals surface area contributed by atoms with Gasteiger partial charge in [0.2, 0.25) is 0 Å². The van der Waals surface area contributed by atoms with E-state index in [1.807, 2.05) is 66.8 Å². The van der Waals surface area contributed by atoms with Crippen molar-refractivity contribution in [3.63, 3.8) is 0 Å². The lowest BCUT2D eigenvalue weighted by Crippen LogP contribution is -1.90. The van der Waals surface area contributed by atoms with E-state index >= 15 is 0 Å². The van der Waals surface area contributed by atoms with Gasteiger partial charge in [-0.05, 0) is 12.2 Å². The standard InChI is InChI=1S/C12H13N/c13-12-10-8-6-4-2-1-3-5-7-9-11-12/h1-11H,13H2/b2-1-,3-1?,4-2?,5-3-,6-4-,7-5?,8-6?,9-7-,10-8-,11-9?,12-10?,12-11+. The Hall–Kier alpha value is -1.76. The average molecular weight is 171 g/mol. The van der Waals surface area contributed by atoms with E-state index in [2.05, 4.69) is 0 Å². The zero-order chi connectivity index (χ0) is 9.36. The van der Waals surface area contributed by atoms with Crippen molar-refractivity contribution in [3.8, 4) is 0 Å². The van der Waals surface area contributed by atoms with Crippen molar-refractivity contribution < 1.29 is 0 Å². The van der Waals surface area contributed by atoms with Crippen molar-refractivity contribution in [1.82, 2.24) is 0 Å². The Morgan fingerprint density at radius 1 is 0.615 bits per heavy atom. The van der Waals surface area contributed by atoms with Gasteiger partial charge in [0, 0.05) is 5.70 Å². The van der Waals surface area contributed by atoms with Gasteiger partial charge < -0.3 is 5.73 Å². The molecule has 0 atom stereocenters. The zero-order valence-electron chi connectivity index (χ0n) is 7.43. The molecule has 0 saturated heterocycles. The highest BCUT2D eigenvalue weighted by Gasteiger charge is 1.76. The largest absolute Gasteiger partial charge is 0.399 e. The summed E-state index contributed by atoms with van der Waals surface area (Å²) in [6, 6.07) is 0. The molecule has 0 spiro atoms. The first kappa shape index (κ1) is 9.33. The normalized spacial score (nSPS) is 32.8. The van der Waals surface area contributed by atoms with Crippen molar-refractivity contribution in [3.05, 3.63) is 72.5 Å². The highest BCUT2D eigenvalue weighted by Crippen LogP contribution is 1.92. The van der Waals surface area contributed by atoms with E-state index in [0.29, 0.717) is 0 Å². The average Bonchev–Trinajstić information content (AvgIpc) is 2.11. The maximum Gasteiger partial charge on any atom is 0.0313 e. The Labute approximate surface area is 79.0 Å². The van der Waals surface area contributed by atoms with Crippen LogP contribution in [0.15, 0.2) is 72.5 Å². The molecule has 0 aromatic carbocycles. The van der Waals surface area contributed by atoms with Gasteiger partial charge in [0.1, 0.15) is 0 Å². The third-order valence-electron chi connectivity index (χ3n) is 1.47. The van der Waals surface area contributed by atoms with Gasteiger partial charge in [0.25, 0.3) is 0 Å². The van der Waals surface area contributed by atoms with Crippen molar-refractivity contribution in [1.29, 1.82) is 0 Å². The van der Waals surface area contributed by atoms with Gasteiger partial charge in [-0.1, -0.05) is 54.7 Å². The van der Waals surface area contributed by atoms with Crippen LogP contribution in [0.3, 0.4) is 0 Å². The van der Waals surface area contributed by atoms with Crippen LogP contribution >= 0.6 is 0 Å². The van der Waals surface area contributed by atoms with Crippen LogP contribution in [-0.4, -0.2) is 0 Å². The second kappa shape index (κ2) is 5.84. The Morgan fingerprint density at radius 2 is 1.08 bits per heavy atom. The van der Waals surface area contributed by atoms with E-state index in [0.717, 1.165) is 5.70 Å². The fraction of sp³-hybridized carbons (Fsp3) is 0. The molecule has 0 aliphatic heterocycles. The van der Waals surface area contributed by atoms with Crippen LogP contribution in [0.1, 0.15) is 0 Å². The number of hydrogen-bond donors (Lipinski definition) is 1. The third-order valence-corrected chi connectivity index (χ3v) is 1.47. The molecule has 1 rings (SSSR count). The molecular formula is C12H13N. The van der Waals surface area contributed by atoms with Crippen molar-refractivity contribution in [2.24, 2.45) is 5.73 Å². The van der Waals surface area contributed by atoms with E-state index in [9.17, 15) is 0 Å². The summed E-state index contributed by atoms with van der Waals surface area (Å²) < 4.78 is 0. The number of nitrogens with two attached hydrogens (primary N) is 1. The van der Waals surface area contributed by atoms with Gasteiger partial charge in [-0.2, -0.15) is 0 Å². The van der Waals surface area contributed by atoms with Gasteiger partial charge in [-0.15, -0.1) is 0 Å². The summed E-state index contributed by atoms with van der Waals surface area (Å²) in [5, 5.41) is 0. The van der Waals surface area contributed by atoms with E-state index in [1.54, 1.807) is 0 Å². The van der Waals surface area contributed by atoms with Gasteiger partial charge in [-0.3, -0.25) is 0 Å². The smallest absolute Gasteiger partial charge is 0.0313 e. The number of allylic oxidation sites excluding steroid dienone is 11. The molecule has 0 amide bonds. The summed E-state index contributed by atoms with van der Waals surface area (Å²) in [6.07, 6.45) is 21.3. The molecule has 1 aliphatic carbocycles. The summed E-state index contributed by atoms with van der Waals surface area (Å²) in [4.78, 5) is 0. The summed E-state index contributed by atoms with van der Waals surface area (Å²) in [6.45, 7) is 0. The second-order valence-corrected chi connectivity index (χ2v) is 2.57. The molecule has 1 nitrogen and oxygen atoms in total. The van der Waals surface area contributed by atoms with E-state index in [4.69, 9.17) is 5.73 Å². The highest BCUT2D eigenvalue weighted by atomic mass is 14.5. The maximum atomic E-state index is 5.66. The fourth-order valence-electron chi connectivity index (χ4n) is 0.838. The predicted molar refractivity (Wildman–Crippen MR) is 58.0 cm³/mol. The first-order chi connectivity index (χ1) is 6.39. The lowest BCUT2D eigenvalue weighted by atomic mass is 10.3. The van der Waals surface area contributed by atoms with Crippen molar-refractivity contribution in [2.75, 3.05) is 0 Å². The van der Waals surface area contributed by atoms with Crippen LogP contribution in [0.25, 0.3) is 0 Å². The van der Waals surface area contributed by atoms with E-state index in [-0.39, 0.29) is 0 Å². The molecule has 1 aliphatic rings. The first-order valence-electron chi connectivity index (χ1n) is 4.20. The summed E-state index contributed by atoms with van der Waals surface area (Å²) in [5.74, 6) is 0. The maximum absolute atomic E-state index is 5.66. The molecule has 0 heterocycles. The zero-order valence-corrected chi connectivity index (χ0v) is 7.43. The highest BCUT2D eigenvalue weighted by molar-refractivity contribution is 5.27. The van der Waals surface area contributed by atoms with Gasteiger partial charge >= 0.3 is 0 Å². The van der Waals surface area contributed by atoms with Crippen molar-refractivity contribution >= 4 is 0 Å². The molecule has 13 heavy (non-hydrogen) atoms. The van der Waals surface area contributed by atoms with Crippen LogP contribution < -0.4 is 5.73 Å². The Morgan fingerprint density at radius 3 is 1.69 bits per heavy atom. The van der Waals surface area contributed by atoms with Gasteiger partial charge in [0.05, 0.1) is 0 Å². The Kier molecular flexibility index (Phi) is 4.19. The fourth-order valence-corrected chi connectivity index (χ4v) is 0.838.